The molecule has 0 radical (unpaired) electrons. The van der Waals surface area contributed by atoms with Crippen LogP contribution in [-0.2, 0) is 4.79 Å². The van der Waals surface area contributed by atoms with Crippen molar-refractivity contribution in [2.75, 3.05) is 13.2 Å². The van der Waals surface area contributed by atoms with E-state index < -0.39 is 0 Å². The van der Waals surface area contributed by atoms with Gasteiger partial charge in [0.05, 0.1) is 6.61 Å². The lowest BCUT2D eigenvalue weighted by molar-refractivity contribution is -0.121. The minimum absolute atomic E-state index is 0. The van der Waals surface area contributed by atoms with E-state index in [0.717, 1.165) is 18.6 Å². The van der Waals surface area contributed by atoms with Gasteiger partial charge >= 0.3 is 0 Å². The fourth-order valence-electron chi connectivity index (χ4n) is 1.45. The summed E-state index contributed by atoms with van der Waals surface area (Å²) in [5, 5.41) is 2.85. The third kappa shape index (κ3) is 9.33. The number of halogens is 1. The Kier molecular flexibility index (Phi) is 9.94. The number of para-hydroxylation sites is 1. The highest BCUT2D eigenvalue weighted by molar-refractivity contribution is 5.85. The lowest BCUT2D eigenvalue weighted by Gasteiger charge is -2.08. The number of nitrogens with one attached hydrogen (secondary N) is 1. The van der Waals surface area contributed by atoms with Gasteiger partial charge in [0.15, 0.2) is 0 Å². The topological polar surface area (TPSA) is 64.4 Å². The Bertz CT molecular complexity index is 345. The van der Waals surface area contributed by atoms with E-state index in [1.54, 1.807) is 0 Å². The predicted octanol–water partition coefficient (Wildman–Crippen LogP) is 2.12. The van der Waals surface area contributed by atoms with Crippen molar-refractivity contribution in [3.63, 3.8) is 0 Å². The Balaban J connectivity index is 0.00000324. The van der Waals surface area contributed by atoms with Crippen molar-refractivity contribution >= 4 is 18.3 Å². The maximum atomic E-state index is 11.4. The summed E-state index contributed by atoms with van der Waals surface area (Å²) in [6, 6.07) is 9.74. The third-order valence-corrected chi connectivity index (χ3v) is 2.48. The smallest absolute Gasteiger partial charge is 0.220 e. The SMILES string of the molecule is CC(N)CCC(=O)NCCCOc1ccccc1.Cl. The van der Waals surface area contributed by atoms with Crippen molar-refractivity contribution in [1.29, 1.82) is 0 Å². The van der Waals surface area contributed by atoms with Crippen molar-refractivity contribution in [3.05, 3.63) is 30.3 Å². The molecule has 0 fully saturated rings. The van der Waals surface area contributed by atoms with Gasteiger partial charge in [0, 0.05) is 19.0 Å². The highest BCUT2D eigenvalue weighted by Crippen LogP contribution is 2.07. The fourth-order valence-corrected chi connectivity index (χ4v) is 1.45. The van der Waals surface area contributed by atoms with Gasteiger partial charge in [-0.25, -0.2) is 0 Å². The van der Waals surface area contributed by atoms with Gasteiger partial charge in [0.1, 0.15) is 5.75 Å². The molecule has 3 N–H and O–H groups in total. The van der Waals surface area contributed by atoms with Gasteiger partial charge in [-0.1, -0.05) is 18.2 Å². The van der Waals surface area contributed by atoms with Gasteiger partial charge in [-0.3, -0.25) is 4.79 Å². The maximum absolute atomic E-state index is 11.4. The summed E-state index contributed by atoms with van der Waals surface area (Å²) in [6.45, 7) is 3.16. The molecule has 1 unspecified atom stereocenters. The third-order valence-electron chi connectivity index (χ3n) is 2.48. The van der Waals surface area contributed by atoms with Crippen molar-refractivity contribution in [1.82, 2.24) is 5.32 Å². The van der Waals surface area contributed by atoms with E-state index >= 15 is 0 Å². The number of benzene rings is 1. The number of nitrogens with two attached hydrogens (primary N) is 1. The van der Waals surface area contributed by atoms with Crippen molar-refractivity contribution in [2.24, 2.45) is 5.73 Å². The molecule has 108 valence electrons. The average molecular weight is 287 g/mol. The highest BCUT2D eigenvalue weighted by Gasteiger charge is 2.02. The van der Waals surface area contributed by atoms with Crippen LogP contribution < -0.4 is 15.8 Å². The summed E-state index contributed by atoms with van der Waals surface area (Å²) in [5.74, 6) is 0.924. The average Bonchev–Trinajstić information content (AvgIpc) is 2.37. The Hall–Kier alpha value is -1.26. The van der Waals surface area contributed by atoms with Crippen LogP contribution in [0.2, 0.25) is 0 Å². The molecule has 0 heterocycles. The van der Waals surface area contributed by atoms with E-state index in [9.17, 15) is 4.79 Å². The first kappa shape index (κ1) is 17.7. The lowest BCUT2D eigenvalue weighted by Crippen LogP contribution is -2.27. The lowest BCUT2D eigenvalue weighted by atomic mass is 10.2. The van der Waals surface area contributed by atoms with E-state index in [1.807, 2.05) is 37.3 Å². The second kappa shape index (κ2) is 10.6. The molecule has 1 amide bonds. The van der Waals surface area contributed by atoms with E-state index in [2.05, 4.69) is 5.32 Å². The second-order valence-corrected chi connectivity index (χ2v) is 4.38. The van der Waals surface area contributed by atoms with E-state index in [4.69, 9.17) is 10.5 Å². The van der Waals surface area contributed by atoms with Gasteiger partial charge in [-0.05, 0) is 31.9 Å². The van der Waals surface area contributed by atoms with Crippen LogP contribution in [0, 0.1) is 0 Å². The molecule has 0 saturated heterocycles. The molecule has 0 aromatic heterocycles. The molecule has 0 bridgehead atoms. The Morgan fingerprint density at radius 2 is 2.05 bits per heavy atom. The first-order valence-corrected chi connectivity index (χ1v) is 6.38. The zero-order valence-electron chi connectivity index (χ0n) is 11.3. The van der Waals surface area contributed by atoms with Crippen LogP contribution in [0.5, 0.6) is 5.75 Å². The van der Waals surface area contributed by atoms with Gasteiger partial charge < -0.3 is 15.8 Å². The van der Waals surface area contributed by atoms with Gasteiger partial charge in [0.25, 0.3) is 0 Å². The van der Waals surface area contributed by atoms with Crippen LogP contribution in [0.4, 0.5) is 0 Å². The number of amides is 1. The fraction of sp³-hybridized carbons (Fsp3) is 0.500. The first-order chi connectivity index (χ1) is 8.68. The molecule has 0 aliphatic carbocycles. The van der Waals surface area contributed by atoms with E-state index in [0.29, 0.717) is 19.6 Å². The Morgan fingerprint density at radius 1 is 1.37 bits per heavy atom. The summed E-state index contributed by atoms with van der Waals surface area (Å²) in [5.41, 5.74) is 5.58. The van der Waals surface area contributed by atoms with Crippen molar-refractivity contribution < 1.29 is 9.53 Å². The van der Waals surface area contributed by atoms with Crippen LogP contribution in [0.3, 0.4) is 0 Å². The summed E-state index contributed by atoms with van der Waals surface area (Å²) in [7, 11) is 0. The molecular formula is C14H23ClN2O2. The largest absolute Gasteiger partial charge is 0.494 e. The molecule has 1 atom stereocenters. The number of rotatable bonds is 8. The minimum atomic E-state index is 0. The molecule has 0 spiro atoms. The number of hydrogen-bond donors (Lipinski definition) is 2. The second-order valence-electron chi connectivity index (χ2n) is 4.38. The molecule has 1 aromatic rings. The van der Waals surface area contributed by atoms with E-state index in [1.165, 1.54) is 0 Å². The summed E-state index contributed by atoms with van der Waals surface area (Å²) < 4.78 is 5.51. The maximum Gasteiger partial charge on any atom is 0.220 e. The molecular weight excluding hydrogens is 264 g/mol. The van der Waals surface area contributed by atoms with Gasteiger partial charge in [0.2, 0.25) is 5.91 Å². The standard InChI is InChI=1S/C14H22N2O2.ClH/c1-12(15)8-9-14(17)16-10-5-11-18-13-6-3-2-4-7-13;/h2-4,6-7,12H,5,8-11,15H2,1H3,(H,16,17);1H. The predicted molar refractivity (Wildman–Crippen MR) is 79.7 cm³/mol. The highest BCUT2D eigenvalue weighted by atomic mass is 35.5. The quantitative estimate of drug-likeness (QED) is 0.720. The Labute approximate surface area is 121 Å². The molecule has 4 nitrogen and oxygen atoms in total. The molecule has 0 aliphatic heterocycles. The zero-order chi connectivity index (χ0) is 13.2. The normalized spacial score (nSPS) is 11.3. The molecule has 1 aromatic carbocycles. The number of hydrogen-bond acceptors (Lipinski definition) is 3. The minimum Gasteiger partial charge on any atom is -0.494 e. The zero-order valence-corrected chi connectivity index (χ0v) is 12.1. The molecule has 0 aliphatic rings. The van der Waals surface area contributed by atoms with Gasteiger partial charge in [-0.15, -0.1) is 12.4 Å². The number of carbonyl (C=O) groups is 1. The van der Waals surface area contributed by atoms with Crippen LogP contribution >= 0.6 is 12.4 Å². The Morgan fingerprint density at radius 3 is 2.68 bits per heavy atom. The molecule has 19 heavy (non-hydrogen) atoms. The monoisotopic (exact) mass is 286 g/mol. The van der Waals surface area contributed by atoms with Crippen molar-refractivity contribution in [2.45, 2.75) is 32.2 Å². The summed E-state index contributed by atoms with van der Waals surface area (Å²) in [6.07, 6.45) is 2.03. The van der Waals surface area contributed by atoms with Crippen molar-refractivity contribution in [3.8, 4) is 5.75 Å². The number of ether oxygens (including phenoxy) is 1. The van der Waals surface area contributed by atoms with Crippen LogP contribution in [0.15, 0.2) is 30.3 Å². The first-order valence-electron chi connectivity index (χ1n) is 6.38. The van der Waals surface area contributed by atoms with Crippen LogP contribution in [0.25, 0.3) is 0 Å². The summed E-state index contributed by atoms with van der Waals surface area (Å²) in [4.78, 5) is 11.4. The molecule has 1 rings (SSSR count). The van der Waals surface area contributed by atoms with Crippen LogP contribution in [0.1, 0.15) is 26.2 Å². The summed E-state index contributed by atoms with van der Waals surface area (Å²) >= 11 is 0. The van der Waals surface area contributed by atoms with E-state index in [-0.39, 0.29) is 24.4 Å². The van der Waals surface area contributed by atoms with Crippen LogP contribution in [-0.4, -0.2) is 25.1 Å². The number of carbonyl (C=O) groups excluding carboxylic acids is 1. The molecule has 5 heteroatoms. The molecule has 0 saturated carbocycles. The van der Waals surface area contributed by atoms with Gasteiger partial charge in [-0.2, -0.15) is 0 Å².